The van der Waals surface area contributed by atoms with E-state index in [4.69, 9.17) is 22.2 Å². The summed E-state index contributed by atoms with van der Waals surface area (Å²) >= 11 is 6.21. The third-order valence-electron chi connectivity index (χ3n) is 3.46. The predicted molar refractivity (Wildman–Crippen MR) is 79.7 cm³/mol. The summed E-state index contributed by atoms with van der Waals surface area (Å²) in [5, 5.41) is 4.77. The number of nitrogens with zero attached hydrogens (tertiary/aromatic N) is 2. The Morgan fingerprint density at radius 3 is 2.71 bits per heavy atom. The van der Waals surface area contributed by atoms with Gasteiger partial charge in [0, 0.05) is 24.2 Å². The number of nitrogens with two attached hydrogens (primary N) is 1. The van der Waals surface area contributed by atoms with Crippen molar-refractivity contribution >= 4 is 11.6 Å². The van der Waals surface area contributed by atoms with Crippen LogP contribution in [0, 0.1) is 12.7 Å². The number of ether oxygens (including phenoxy) is 1. The lowest BCUT2D eigenvalue weighted by Crippen LogP contribution is -2.30. The number of halogens is 2. The van der Waals surface area contributed by atoms with Crippen LogP contribution in [-0.2, 0) is 13.5 Å². The Balaban J connectivity index is 2.32. The quantitative estimate of drug-likeness (QED) is 0.656. The van der Waals surface area contributed by atoms with Crippen molar-refractivity contribution in [3.63, 3.8) is 0 Å². The standard InChI is InChI=1S/C14H18ClFN4O/c1-8-11(14(15)20(2)19-8)7-13(18-17)10-5-4-9(21-3)6-12(10)16/h4-6,13,18H,7,17H2,1-3H3. The van der Waals surface area contributed by atoms with Crippen LogP contribution in [0.4, 0.5) is 4.39 Å². The third kappa shape index (κ3) is 3.18. The first-order valence-electron chi connectivity index (χ1n) is 6.45. The van der Waals surface area contributed by atoms with E-state index >= 15 is 0 Å². The van der Waals surface area contributed by atoms with E-state index in [0.717, 1.165) is 11.3 Å². The first-order valence-corrected chi connectivity index (χ1v) is 6.83. The molecule has 1 unspecified atom stereocenters. The first-order chi connectivity index (χ1) is 9.97. The topological polar surface area (TPSA) is 65.1 Å². The maximum Gasteiger partial charge on any atom is 0.131 e. The van der Waals surface area contributed by atoms with Crippen LogP contribution in [0.15, 0.2) is 18.2 Å². The maximum atomic E-state index is 14.2. The molecule has 1 heterocycles. The number of hydrazine groups is 1. The monoisotopic (exact) mass is 312 g/mol. The summed E-state index contributed by atoms with van der Waals surface area (Å²) in [6, 6.07) is 4.27. The number of aryl methyl sites for hydroxylation is 2. The van der Waals surface area contributed by atoms with Gasteiger partial charge in [0.15, 0.2) is 0 Å². The normalized spacial score (nSPS) is 12.5. The molecule has 5 nitrogen and oxygen atoms in total. The van der Waals surface area contributed by atoms with Crippen LogP contribution in [0.25, 0.3) is 0 Å². The molecule has 3 N–H and O–H groups in total. The second-order valence-electron chi connectivity index (χ2n) is 4.79. The van der Waals surface area contributed by atoms with Crippen molar-refractivity contribution < 1.29 is 9.13 Å². The Morgan fingerprint density at radius 1 is 1.52 bits per heavy atom. The molecule has 0 spiro atoms. The van der Waals surface area contributed by atoms with E-state index in [1.165, 1.54) is 13.2 Å². The van der Waals surface area contributed by atoms with E-state index in [-0.39, 0.29) is 5.82 Å². The lowest BCUT2D eigenvalue weighted by Gasteiger charge is -2.17. The van der Waals surface area contributed by atoms with Crippen molar-refractivity contribution in [3.05, 3.63) is 46.0 Å². The van der Waals surface area contributed by atoms with Gasteiger partial charge in [0.05, 0.1) is 18.8 Å². The van der Waals surface area contributed by atoms with Gasteiger partial charge in [0.2, 0.25) is 0 Å². The zero-order chi connectivity index (χ0) is 15.6. The molecule has 0 saturated heterocycles. The first kappa shape index (κ1) is 15.8. The lowest BCUT2D eigenvalue weighted by atomic mass is 9.99. The van der Waals surface area contributed by atoms with Gasteiger partial charge in [0.25, 0.3) is 0 Å². The lowest BCUT2D eigenvalue weighted by molar-refractivity contribution is 0.409. The number of hydrogen-bond donors (Lipinski definition) is 2. The molecule has 0 radical (unpaired) electrons. The number of hydrogen-bond acceptors (Lipinski definition) is 4. The minimum absolute atomic E-state index is 0.380. The molecule has 0 aliphatic heterocycles. The summed E-state index contributed by atoms with van der Waals surface area (Å²) in [5.74, 6) is 5.66. The Kier molecular flexibility index (Phi) is 4.82. The highest BCUT2D eigenvalue weighted by Gasteiger charge is 2.20. The van der Waals surface area contributed by atoms with E-state index in [2.05, 4.69) is 10.5 Å². The van der Waals surface area contributed by atoms with Crippen molar-refractivity contribution in [2.24, 2.45) is 12.9 Å². The zero-order valence-corrected chi connectivity index (χ0v) is 12.9. The maximum absolute atomic E-state index is 14.2. The summed E-state index contributed by atoms with van der Waals surface area (Å²) in [6.07, 6.45) is 0.443. The van der Waals surface area contributed by atoms with Gasteiger partial charge in [-0.3, -0.25) is 16.0 Å². The van der Waals surface area contributed by atoms with Crippen LogP contribution in [0.3, 0.4) is 0 Å². The fraction of sp³-hybridized carbons (Fsp3) is 0.357. The summed E-state index contributed by atoms with van der Waals surface area (Å²) in [6.45, 7) is 1.86. The van der Waals surface area contributed by atoms with Crippen molar-refractivity contribution in [1.82, 2.24) is 15.2 Å². The van der Waals surface area contributed by atoms with Gasteiger partial charge >= 0.3 is 0 Å². The second-order valence-corrected chi connectivity index (χ2v) is 5.15. The minimum atomic E-state index is -0.406. The summed E-state index contributed by atoms with van der Waals surface area (Å²) in [4.78, 5) is 0. The number of aromatic nitrogens is 2. The fourth-order valence-corrected chi connectivity index (χ4v) is 2.54. The van der Waals surface area contributed by atoms with E-state index in [9.17, 15) is 4.39 Å². The van der Waals surface area contributed by atoms with Gasteiger partial charge in [-0.25, -0.2) is 4.39 Å². The molecule has 1 aromatic carbocycles. The molecule has 2 aromatic rings. The molecule has 0 saturated carbocycles. The highest BCUT2D eigenvalue weighted by Crippen LogP contribution is 2.28. The SMILES string of the molecule is COc1ccc(C(Cc2c(C)nn(C)c2Cl)NN)c(F)c1. The number of methoxy groups -OCH3 is 1. The van der Waals surface area contributed by atoms with Crippen molar-refractivity contribution in [2.45, 2.75) is 19.4 Å². The van der Waals surface area contributed by atoms with Crippen LogP contribution >= 0.6 is 11.6 Å². The van der Waals surface area contributed by atoms with Crippen LogP contribution in [0.2, 0.25) is 5.15 Å². The Morgan fingerprint density at radius 2 is 2.24 bits per heavy atom. The van der Waals surface area contributed by atoms with Gasteiger partial charge in [-0.2, -0.15) is 5.10 Å². The third-order valence-corrected chi connectivity index (χ3v) is 3.94. The molecule has 0 amide bonds. The average molecular weight is 313 g/mol. The van der Waals surface area contributed by atoms with Gasteiger partial charge in [-0.05, 0) is 19.4 Å². The second kappa shape index (κ2) is 6.43. The molecular weight excluding hydrogens is 295 g/mol. The van der Waals surface area contributed by atoms with Crippen LogP contribution in [-0.4, -0.2) is 16.9 Å². The van der Waals surface area contributed by atoms with Gasteiger partial charge in [0.1, 0.15) is 16.7 Å². The Hall–Kier alpha value is -1.63. The van der Waals surface area contributed by atoms with E-state index in [1.807, 2.05) is 6.92 Å². The molecule has 21 heavy (non-hydrogen) atoms. The zero-order valence-electron chi connectivity index (χ0n) is 12.2. The number of nitrogens with one attached hydrogen (secondary N) is 1. The highest BCUT2D eigenvalue weighted by atomic mass is 35.5. The fourth-order valence-electron chi connectivity index (χ4n) is 2.29. The van der Waals surface area contributed by atoms with Crippen molar-refractivity contribution in [1.29, 1.82) is 0 Å². The molecule has 0 bridgehead atoms. The highest BCUT2D eigenvalue weighted by molar-refractivity contribution is 6.30. The van der Waals surface area contributed by atoms with E-state index in [1.54, 1.807) is 23.9 Å². The molecule has 0 fully saturated rings. The molecule has 0 aliphatic rings. The molecule has 0 aliphatic carbocycles. The van der Waals surface area contributed by atoms with Crippen LogP contribution in [0.5, 0.6) is 5.75 Å². The molecule has 1 atom stereocenters. The molecule has 7 heteroatoms. The Bertz CT molecular complexity index is 644. The molecule has 114 valence electrons. The van der Waals surface area contributed by atoms with E-state index < -0.39 is 6.04 Å². The summed E-state index contributed by atoms with van der Waals surface area (Å²) in [7, 11) is 3.25. The van der Waals surface area contributed by atoms with Crippen molar-refractivity contribution in [2.75, 3.05) is 7.11 Å². The van der Waals surface area contributed by atoms with Crippen molar-refractivity contribution in [3.8, 4) is 5.75 Å². The Labute approximate surface area is 127 Å². The number of rotatable bonds is 5. The minimum Gasteiger partial charge on any atom is -0.497 e. The smallest absolute Gasteiger partial charge is 0.131 e. The molecule has 2 rings (SSSR count). The van der Waals surface area contributed by atoms with E-state index in [0.29, 0.717) is 22.9 Å². The van der Waals surface area contributed by atoms with Gasteiger partial charge < -0.3 is 4.74 Å². The summed E-state index contributed by atoms with van der Waals surface area (Å²) in [5.41, 5.74) is 4.74. The molecular formula is C14H18ClFN4O. The van der Waals surface area contributed by atoms with Crippen LogP contribution < -0.4 is 16.0 Å². The largest absolute Gasteiger partial charge is 0.497 e. The summed E-state index contributed by atoms with van der Waals surface area (Å²) < 4.78 is 20.7. The van der Waals surface area contributed by atoms with Crippen LogP contribution in [0.1, 0.15) is 22.9 Å². The number of benzene rings is 1. The molecule has 1 aromatic heterocycles. The van der Waals surface area contributed by atoms with Gasteiger partial charge in [-0.15, -0.1) is 0 Å². The van der Waals surface area contributed by atoms with Gasteiger partial charge in [-0.1, -0.05) is 17.7 Å². The average Bonchev–Trinajstić information content (AvgIpc) is 2.70. The predicted octanol–water partition coefficient (Wildman–Crippen LogP) is 2.28.